The molecule has 0 aromatic heterocycles. The molecule has 1 aliphatic heterocycles. The summed E-state index contributed by atoms with van der Waals surface area (Å²) in [6.45, 7) is 2.19. The molecule has 114 valence electrons. The number of hydrogen-bond donors (Lipinski definition) is 0. The van der Waals surface area contributed by atoms with Crippen molar-refractivity contribution in [2.45, 2.75) is 58.0 Å². The smallest absolute Gasteiger partial charge is 0.339 e. The van der Waals surface area contributed by atoms with Crippen molar-refractivity contribution in [3.05, 3.63) is 39.4 Å². The molecular weight excluding hydrogens is 270 g/mol. The van der Waals surface area contributed by atoms with E-state index in [0.717, 1.165) is 24.8 Å². The summed E-state index contributed by atoms with van der Waals surface area (Å²) < 4.78 is 5.33. The molecule has 0 N–H and O–H groups in total. The number of ether oxygens (including phenoxy) is 1. The molecule has 1 heterocycles. The van der Waals surface area contributed by atoms with Gasteiger partial charge in [0.1, 0.15) is 6.10 Å². The minimum absolute atomic E-state index is 0.0640. The van der Waals surface area contributed by atoms with Gasteiger partial charge in [0.15, 0.2) is 0 Å². The van der Waals surface area contributed by atoms with E-state index in [0.29, 0.717) is 5.56 Å². The van der Waals surface area contributed by atoms with E-state index >= 15 is 0 Å². The lowest BCUT2D eigenvalue weighted by Gasteiger charge is -2.10. The van der Waals surface area contributed by atoms with Crippen LogP contribution in [0.25, 0.3) is 0 Å². The molecule has 5 nitrogen and oxygen atoms in total. The van der Waals surface area contributed by atoms with E-state index in [1.807, 2.05) is 0 Å². The summed E-state index contributed by atoms with van der Waals surface area (Å²) in [6, 6.07) is 4.41. The van der Waals surface area contributed by atoms with Gasteiger partial charge in [0.25, 0.3) is 5.69 Å². The summed E-state index contributed by atoms with van der Waals surface area (Å²) in [5.74, 6) is -0.440. The van der Waals surface area contributed by atoms with Gasteiger partial charge in [-0.25, -0.2) is 4.79 Å². The van der Waals surface area contributed by atoms with Crippen molar-refractivity contribution in [2.24, 2.45) is 0 Å². The van der Waals surface area contributed by atoms with Gasteiger partial charge in [0, 0.05) is 17.7 Å². The molecule has 0 spiro atoms. The van der Waals surface area contributed by atoms with Crippen LogP contribution in [-0.2, 0) is 4.74 Å². The Morgan fingerprint density at radius 2 is 1.90 bits per heavy atom. The average Bonchev–Trinajstić information content (AvgIpc) is 2.79. The maximum absolute atomic E-state index is 11.8. The summed E-state index contributed by atoms with van der Waals surface area (Å²) >= 11 is 0. The molecule has 0 aliphatic carbocycles. The normalized spacial score (nSPS) is 16.6. The van der Waals surface area contributed by atoms with Gasteiger partial charge in [-0.1, -0.05) is 39.0 Å². The van der Waals surface area contributed by atoms with Crippen molar-refractivity contribution >= 4 is 11.7 Å². The summed E-state index contributed by atoms with van der Waals surface area (Å²) in [7, 11) is 0. The van der Waals surface area contributed by atoms with Crippen molar-refractivity contribution in [1.82, 2.24) is 0 Å². The Morgan fingerprint density at radius 3 is 2.62 bits per heavy atom. The second-order valence-corrected chi connectivity index (χ2v) is 5.48. The molecule has 1 aliphatic rings. The van der Waals surface area contributed by atoms with Gasteiger partial charge < -0.3 is 4.74 Å². The first kappa shape index (κ1) is 15.5. The number of non-ortho nitro benzene ring substituents is 1. The molecular formula is C16H21NO4. The van der Waals surface area contributed by atoms with Gasteiger partial charge in [-0.3, -0.25) is 10.1 Å². The summed E-state index contributed by atoms with van der Waals surface area (Å²) in [5, 5.41) is 10.7. The first-order valence-corrected chi connectivity index (χ1v) is 7.62. The van der Waals surface area contributed by atoms with Crippen molar-refractivity contribution in [1.29, 1.82) is 0 Å². The van der Waals surface area contributed by atoms with E-state index in [-0.39, 0.29) is 11.8 Å². The number of benzene rings is 1. The third kappa shape index (κ3) is 3.80. The van der Waals surface area contributed by atoms with Crippen molar-refractivity contribution < 1.29 is 14.5 Å². The number of cyclic esters (lactones) is 1. The lowest BCUT2D eigenvalue weighted by molar-refractivity contribution is -0.384. The zero-order valence-corrected chi connectivity index (χ0v) is 12.3. The van der Waals surface area contributed by atoms with E-state index in [2.05, 4.69) is 6.92 Å². The fourth-order valence-corrected chi connectivity index (χ4v) is 2.70. The van der Waals surface area contributed by atoms with Gasteiger partial charge in [-0.05, 0) is 18.9 Å². The van der Waals surface area contributed by atoms with Crippen LogP contribution in [0.5, 0.6) is 0 Å². The predicted molar refractivity (Wildman–Crippen MR) is 79.2 cm³/mol. The number of carbonyl (C=O) groups is 1. The van der Waals surface area contributed by atoms with Crippen LogP contribution < -0.4 is 0 Å². The Kier molecular flexibility index (Phi) is 5.31. The van der Waals surface area contributed by atoms with Crippen molar-refractivity contribution in [3.8, 4) is 0 Å². The highest BCUT2D eigenvalue weighted by atomic mass is 16.6. The molecule has 1 aromatic carbocycles. The maximum atomic E-state index is 11.8. The highest BCUT2D eigenvalue weighted by Crippen LogP contribution is 2.36. The molecule has 0 amide bonds. The minimum atomic E-state index is -0.491. The monoisotopic (exact) mass is 291 g/mol. The number of carbonyl (C=O) groups excluding carboxylic acids is 1. The van der Waals surface area contributed by atoms with Crippen LogP contribution in [0.1, 0.15) is 73.9 Å². The Labute approximate surface area is 124 Å². The third-order valence-electron chi connectivity index (χ3n) is 3.88. The molecule has 0 radical (unpaired) electrons. The number of nitrogens with zero attached hydrogens (tertiary/aromatic N) is 1. The van der Waals surface area contributed by atoms with E-state index in [1.165, 1.54) is 37.8 Å². The number of esters is 1. The van der Waals surface area contributed by atoms with Crippen molar-refractivity contribution in [2.75, 3.05) is 0 Å². The zero-order valence-electron chi connectivity index (χ0n) is 12.3. The van der Waals surface area contributed by atoms with E-state index in [1.54, 1.807) is 6.07 Å². The van der Waals surface area contributed by atoms with Gasteiger partial charge >= 0.3 is 5.97 Å². The minimum Gasteiger partial charge on any atom is -0.454 e. The van der Waals surface area contributed by atoms with Crippen LogP contribution >= 0.6 is 0 Å². The molecule has 2 rings (SSSR count). The van der Waals surface area contributed by atoms with Gasteiger partial charge in [-0.15, -0.1) is 0 Å². The van der Waals surface area contributed by atoms with E-state index in [4.69, 9.17) is 4.74 Å². The largest absolute Gasteiger partial charge is 0.454 e. The third-order valence-corrected chi connectivity index (χ3v) is 3.88. The molecule has 5 heteroatoms. The molecule has 0 saturated carbocycles. The second kappa shape index (κ2) is 7.20. The molecule has 1 aromatic rings. The summed E-state index contributed by atoms with van der Waals surface area (Å²) in [6.07, 6.45) is 7.67. The van der Waals surface area contributed by atoms with E-state index < -0.39 is 10.9 Å². The first-order valence-electron chi connectivity index (χ1n) is 7.62. The van der Waals surface area contributed by atoms with Crippen LogP contribution in [0, 0.1) is 10.1 Å². The maximum Gasteiger partial charge on any atom is 0.339 e. The Bertz CT molecular complexity index is 527. The number of rotatable bonds is 8. The van der Waals surface area contributed by atoms with E-state index in [9.17, 15) is 14.9 Å². The first-order chi connectivity index (χ1) is 10.1. The number of unbranched alkanes of at least 4 members (excludes halogenated alkanes) is 5. The number of fused-ring (bicyclic) bond motifs is 1. The zero-order chi connectivity index (χ0) is 15.2. The molecule has 1 unspecified atom stereocenters. The lowest BCUT2D eigenvalue weighted by atomic mass is 9.99. The Balaban J connectivity index is 1.91. The van der Waals surface area contributed by atoms with Crippen LogP contribution in [0.4, 0.5) is 5.69 Å². The van der Waals surface area contributed by atoms with Gasteiger partial charge in [0.2, 0.25) is 0 Å². The standard InChI is InChI=1S/C16H21NO4/c1-2-3-4-5-6-7-8-15-13-10-9-12(17(19)20)11-14(13)16(18)21-15/h9-11,15H,2-8H2,1H3. The molecule has 21 heavy (non-hydrogen) atoms. The van der Waals surface area contributed by atoms with Crippen molar-refractivity contribution in [3.63, 3.8) is 0 Å². The number of hydrogen-bond acceptors (Lipinski definition) is 4. The SMILES string of the molecule is CCCCCCCCC1OC(=O)c2cc([N+](=O)[O-])ccc21. The quantitative estimate of drug-likeness (QED) is 0.305. The summed E-state index contributed by atoms with van der Waals surface area (Å²) in [4.78, 5) is 22.0. The van der Waals surface area contributed by atoms with Crippen LogP contribution in [0.3, 0.4) is 0 Å². The average molecular weight is 291 g/mol. The number of nitro groups is 1. The van der Waals surface area contributed by atoms with Gasteiger partial charge in [0.05, 0.1) is 10.5 Å². The highest BCUT2D eigenvalue weighted by Gasteiger charge is 2.32. The second-order valence-electron chi connectivity index (χ2n) is 5.48. The topological polar surface area (TPSA) is 69.4 Å². The predicted octanol–water partition coefficient (Wildman–Crippen LogP) is 4.56. The molecule has 0 saturated heterocycles. The van der Waals surface area contributed by atoms with Crippen LogP contribution in [0.2, 0.25) is 0 Å². The van der Waals surface area contributed by atoms with Crippen LogP contribution in [0.15, 0.2) is 18.2 Å². The molecule has 0 bridgehead atoms. The van der Waals surface area contributed by atoms with Crippen LogP contribution in [-0.4, -0.2) is 10.9 Å². The number of nitro benzene ring substituents is 1. The molecule has 0 fully saturated rings. The lowest BCUT2D eigenvalue weighted by Crippen LogP contribution is -1.98. The molecule has 1 atom stereocenters. The Hall–Kier alpha value is -1.91. The fourth-order valence-electron chi connectivity index (χ4n) is 2.70. The fraction of sp³-hybridized carbons (Fsp3) is 0.562. The Morgan fingerprint density at radius 1 is 1.19 bits per heavy atom. The van der Waals surface area contributed by atoms with Gasteiger partial charge in [-0.2, -0.15) is 0 Å². The highest BCUT2D eigenvalue weighted by molar-refractivity contribution is 5.94. The summed E-state index contributed by atoms with van der Waals surface area (Å²) in [5.41, 5.74) is 1.07.